The number of benzene rings is 1. The molecule has 6 heteroatoms. The highest BCUT2D eigenvalue weighted by atomic mass is 16.6. The number of likely N-dealkylation sites (N-methyl/N-ethyl adjacent to an activating group) is 1. The average molecular weight is 334 g/mol. The number of nitrogens with zero attached hydrogens (tertiary/aromatic N) is 2. The van der Waals surface area contributed by atoms with Gasteiger partial charge < -0.3 is 14.7 Å². The predicted molar refractivity (Wildman–Crippen MR) is 90.3 cm³/mol. The maximum absolute atomic E-state index is 12.8. The van der Waals surface area contributed by atoms with Crippen LogP contribution in [0.4, 0.5) is 4.79 Å². The zero-order valence-electron chi connectivity index (χ0n) is 14.7. The van der Waals surface area contributed by atoms with E-state index in [1.54, 1.807) is 27.8 Å². The van der Waals surface area contributed by atoms with Crippen LogP contribution < -0.4 is 0 Å². The Morgan fingerprint density at radius 3 is 2.50 bits per heavy atom. The fourth-order valence-electron chi connectivity index (χ4n) is 2.76. The summed E-state index contributed by atoms with van der Waals surface area (Å²) in [6.45, 7) is 6.05. The molecule has 1 aromatic carbocycles. The van der Waals surface area contributed by atoms with E-state index < -0.39 is 23.8 Å². The first-order valence-electron chi connectivity index (χ1n) is 8.15. The molecule has 2 amide bonds. The van der Waals surface area contributed by atoms with Gasteiger partial charge in [-0.15, -0.1) is 0 Å². The first-order valence-corrected chi connectivity index (χ1v) is 8.15. The number of ether oxygens (including phenoxy) is 1. The molecule has 6 nitrogen and oxygen atoms in total. The lowest BCUT2D eigenvalue weighted by molar-refractivity contribution is -0.137. The number of likely N-dealkylation sites (tertiary alicyclic amines) is 1. The fraction of sp³-hybridized carbons (Fsp3) is 0.556. The van der Waals surface area contributed by atoms with Crippen LogP contribution in [-0.2, 0) is 16.1 Å². The van der Waals surface area contributed by atoms with Crippen molar-refractivity contribution >= 4 is 12.0 Å². The molecule has 132 valence electrons. The molecule has 1 unspecified atom stereocenters. The molecule has 1 aliphatic rings. The van der Waals surface area contributed by atoms with Gasteiger partial charge in [0.1, 0.15) is 11.6 Å². The summed E-state index contributed by atoms with van der Waals surface area (Å²) in [6.07, 6.45) is -1.07. The number of carbonyl (C=O) groups excluding carboxylic acids is 2. The van der Waals surface area contributed by atoms with Crippen molar-refractivity contribution in [3.63, 3.8) is 0 Å². The molecule has 1 saturated heterocycles. The van der Waals surface area contributed by atoms with Gasteiger partial charge >= 0.3 is 6.09 Å². The number of hydrogen-bond donors (Lipinski definition) is 1. The minimum absolute atomic E-state index is 0.283. The Morgan fingerprint density at radius 1 is 1.29 bits per heavy atom. The number of hydrogen-bond acceptors (Lipinski definition) is 4. The van der Waals surface area contributed by atoms with Gasteiger partial charge in [-0.05, 0) is 32.8 Å². The van der Waals surface area contributed by atoms with Gasteiger partial charge in [0, 0.05) is 20.1 Å². The summed E-state index contributed by atoms with van der Waals surface area (Å²) in [5, 5.41) is 10.2. The summed E-state index contributed by atoms with van der Waals surface area (Å²) in [6, 6.07) is 8.70. The van der Waals surface area contributed by atoms with Crippen LogP contribution in [0.1, 0.15) is 32.8 Å². The summed E-state index contributed by atoms with van der Waals surface area (Å²) in [5.74, 6) is -0.283. The van der Waals surface area contributed by atoms with Crippen molar-refractivity contribution in [3.8, 4) is 0 Å². The highest BCUT2D eigenvalue weighted by molar-refractivity contribution is 5.87. The normalized spacial score (nSPS) is 20.8. The van der Waals surface area contributed by atoms with Gasteiger partial charge in [0.15, 0.2) is 0 Å². The van der Waals surface area contributed by atoms with Crippen LogP contribution in [0.3, 0.4) is 0 Å². The van der Waals surface area contributed by atoms with Crippen LogP contribution in [0.5, 0.6) is 0 Å². The minimum Gasteiger partial charge on any atom is -0.444 e. The Kier molecular flexibility index (Phi) is 5.49. The Morgan fingerprint density at radius 2 is 1.92 bits per heavy atom. The molecule has 2 atom stereocenters. The van der Waals surface area contributed by atoms with Crippen LogP contribution in [0.25, 0.3) is 0 Å². The van der Waals surface area contributed by atoms with Crippen LogP contribution in [0.15, 0.2) is 30.3 Å². The maximum Gasteiger partial charge on any atom is 0.411 e. The molecule has 1 heterocycles. The molecule has 24 heavy (non-hydrogen) atoms. The lowest BCUT2D eigenvalue weighted by Crippen LogP contribution is -2.51. The van der Waals surface area contributed by atoms with Gasteiger partial charge in [0.05, 0.1) is 6.10 Å². The molecule has 2 rings (SSSR count). The van der Waals surface area contributed by atoms with E-state index in [-0.39, 0.29) is 5.91 Å². The van der Waals surface area contributed by atoms with E-state index in [1.807, 2.05) is 30.3 Å². The molecule has 1 N–H and O–H groups in total. The molecular weight excluding hydrogens is 308 g/mol. The average Bonchev–Trinajstić information content (AvgIpc) is 2.87. The molecule has 0 aromatic heterocycles. The van der Waals surface area contributed by atoms with Gasteiger partial charge in [-0.3, -0.25) is 9.69 Å². The van der Waals surface area contributed by atoms with E-state index in [2.05, 4.69) is 0 Å². The van der Waals surface area contributed by atoms with Crippen molar-refractivity contribution in [2.24, 2.45) is 0 Å². The molecule has 0 radical (unpaired) electrons. The van der Waals surface area contributed by atoms with E-state index in [0.717, 1.165) is 5.56 Å². The molecule has 1 fully saturated rings. The van der Waals surface area contributed by atoms with Crippen molar-refractivity contribution in [1.82, 2.24) is 9.80 Å². The summed E-state index contributed by atoms with van der Waals surface area (Å²) in [7, 11) is 1.67. The Balaban J connectivity index is 2.08. The van der Waals surface area contributed by atoms with Crippen molar-refractivity contribution in [3.05, 3.63) is 35.9 Å². The zero-order valence-corrected chi connectivity index (χ0v) is 14.7. The highest BCUT2D eigenvalue weighted by Gasteiger charge is 2.43. The summed E-state index contributed by atoms with van der Waals surface area (Å²) >= 11 is 0. The van der Waals surface area contributed by atoms with Crippen LogP contribution in [0.2, 0.25) is 0 Å². The van der Waals surface area contributed by atoms with Crippen molar-refractivity contribution in [2.45, 2.75) is 51.5 Å². The Bertz CT molecular complexity index is 582. The third-order valence-electron chi connectivity index (χ3n) is 3.89. The fourth-order valence-corrected chi connectivity index (χ4v) is 2.76. The number of aliphatic hydroxyl groups is 1. The van der Waals surface area contributed by atoms with E-state index in [9.17, 15) is 14.7 Å². The molecule has 1 aromatic rings. The van der Waals surface area contributed by atoms with Crippen molar-refractivity contribution < 1.29 is 19.4 Å². The zero-order chi connectivity index (χ0) is 17.9. The van der Waals surface area contributed by atoms with Gasteiger partial charge in [0.2, 0.25) is 5.91 Å². The number of amides is 2. The molecule has 1 aliphatic heterocycles. The molecule has 0 saturated carbocycles. The maximum atomic E-state index is 12.8. The standard InChI is InChI=1S/C18H26N2O4/c1-18(2,3)24-17(23)20-11-10-14(21)15(20)16(22)19(4)12-13-8-6-5-7-9-13/h5-9,14-15,21H,10-12H2,1-4H3/t14?,15-/m0/s1. The highest BCUT2D eigenvalue weighted by Crippen LogP contribution is 2.23. The number of rotatable bonds is 3. The molecule has 0 spiro atoms. The second-order valence-electron chi connectivity index (χ2n) is 7.15. The summed E-state index contributed by atoms with van der Waals surface area (Å²) in [5.41, 5.74) is 0.346. The second kappa shape index (κ2) is 7.21. The van der Waals surface area contributed by atoms with Crippen molar-refractivity contribution in [1.29, 1.82) is 0 Å². The van der Waals surface area contributed by atoms with Gasteiger partial charge in [-0.1, -0.05) is 30.3 Å². The minimum atomic E-state index is -0.895. The first kappa shape index (κ1) is 18.3. The largest absolute Gasteiger partial charge is 0.444 e. The topological polar surface area (TPSA) is 70.1 Å². The monoisotopic (exact) mass is 334 g/mol. The van der Waals surface area contributed by atoms with E-state index in [1.165, 1.54) is 9.80 Å². The summed E-state index contributed by atoms with van der Waals surface area (Å²) in [4.78, 5) is 27.9. The van der Waals surface area contributed by atoms with Crippen molar-refractivity contribution in [2.75, 3.05) is 13.6 Å². The van der Waals surface area contributed by atoms with Gasteiger partial charge in [-0.2, -0.15) is 0 Å². The third-order valence-corrected chi connectivity index (χ3v) is 3.89. The second-order valence-corrected chi connectivity index (χ2v) is 7.15. The number of carbonyl (C=O) groups is 2. The predicted octanol–water partition coefficient (Wildman–Crippen LogP) is 2.02. The lowest BCUT2D eigenvalue weighted by Gasteiger charge is -2.31. The molecule has 0 bridgehead atoms. The van der Waals surface area contributed by atoms with Crippen LogP contribution in [-0.4, -0.2) is 58.2 Å². The Hall–Kier alpha value is -2.08. The quantitative estimate of drug-likeness (QED) is 0.918. The lowest BCUT2D eigenvalue weighted by atomic mass is 10.1. The smallest absolute Gasteiger partial charge is 0.411 e. The number of aliphatic hydroxyl groups excluding tert-OH is 1. The molecular formula is C18H26N2O4. The van der Waals surface area contributed by atoms with E-state index >= 15 is 0 Å². The SMILES string of the molecule is CN(Cc1ccccc1)C(=O)[C@@H]1C(O)CCN1C(=O)OC(C)(C)C. The van der Waals surface area contributed by atoms with Crippen LogP contribution in [0, 0.1) is 0 Å². The Labute approximate surface area is 143 Å². The van der Waals surface area contributed by atoms with Gasteiger partial charge in [0.25, 0.3) is 0 Å². The summed E-state index contributed by atoms with van der Waals surface area (Å²) < 4.78 is 5.35. The van der Waals surface area contributed by atoms with E-state index in [0.29, 0.717) is 19.5 Å². The van der Waals surface area contributed by atoms with Crippen LogP contribution >= 0.6 is 0 Å². The first-order chi connectivity index (χ1) is 11.2. The van der Waals surface area contributed by atoms with E-state index in [4.69, 9.17) is 4.74 Å². The van der Waals surface area contributed by atoms with Gasteiger partial charge in [-0.25, -0.2) is 4.79 Å². The third kappa shape index (κ3) is 4.47. The molecule has 0 aliphatic carbocycles.